The maximum Gasteiger partial charge on any atom is 0.185 e. The van der Waals surface area contributed by atoms with Crippen LogP contribution in [0.4, 0.5) is 11.4 Å². The van der Waals surface area contributed by atoms with Crippen molar-refractivity contribution in [1.29, 1.82) is 0 Å². The average Bonchev–Trinajstić information content (AvgIpc) is 3.11. The molecule has 0 aliphatic carbocycles. The second-order valence-corrected chi connectivity index (χ2v) is 6.79. The minimum absolute atomic E-state index is 0.0164. The zero-order valence-corrected chi connectivity index (χ0v) is 14.6. The van der Waals surface area contributed by atoms with E-state index in [-0.39, 0.29) is 5.78 Å². The lowest BCUT2D eigenvalue weighted by Crippen LogP contribution is -2.03. The first-order valence-electron chi connectivity index (χ1n) is 8.17. The largest absolute Gasteiger partial charge is 0.354 e. The molecule has 25 heavy (non-hydrogen) atoms. The van der Waals surface area contributed by atoms with Crippen LogP contribution < -0.4 is 5.32 Å². The van der Waals surface area contributed by atoms with Crippen LogP contribution >= 0.6 is 11.8 Å². The van der Waals surface area contributed by atoms with Gasteiger partial charge in [-0.25, -0.2) is 0 Å². The smallest absolute Gasteiger partial charge is 0.185 e. The Bertz CT molecular complexity index is 975. The van der Waals surface area contributed by atoms with Crippen LogP contribution in [0.2, 0.25) is 0 Å². The van der Waals surface area contributed by atoms with Gasteiger partial charge in [0.15, 0.2) is 5.78 Å². The van der Waals surface area contributed by atoms with Crippen molar-refractivity contribution in [3.8, 4) is 0 Å². The highest BCUT2D eigenvalue weighted by molar-refractivity contribution is 7.99. The number of hydrogen-bond acceptors (Lipinski definition) is 4. The topological polar surface area (TPSA) is 46.9 Å². The van der Waals surface area contributed by atoms with Gasteiger partial charge in [-0.1, -0.05) is 23.9 Å². The lowest BCUT2D eigenvalue weighted by molar-refractivity contribution is 0.104. The lowest BCUT2D eigenvalue weighted by atomic mass is 10.1. The summed E-state index contributed by atoms with van der Waals surface area (Å²) in [7, 11) is 0. The highest BCUT2D eigenvalue weighted by Crippen LogP contribution is 2.44. The Labute approximate surface area is 150 Å². The zero-order valence-electron chi connectivity index (χ0n) is 13.8. The fourth-order valence-electron chi connectivity index (χ4n) is 2.80. The van der Waals surface area contributed by atoms with E-state index >= 15 is 0 Å². The van der Waals surface area contributed by atoms with Crippen LogP contribution in [0.15, 0.2) is 70.6 Å². The Morgan fingerprint density at radius 1 is 1.16 bits per heavy atom. The molecule has 0 unspecified atom stereocenters. The molecule has 1 N–H and O–H groups in total. The highest BCUT2D eigenvalue weighted by atomic mass is 32.2. The number of hydrogen-bond donors (Lipinski definition) is 1. The Kier molecular flexibility index (Phi) is 4.15. The van der Waals surface area contributed by atoms with Crippen LogP contribution in [-0.2, 0) is 6.54 Å². The number of fused-ring (bicyclic) bond motifs is 2. The molecule has 5 heteroatoms. The van der Waals surface area contributed by atoms with E-state index in [4.69, 9.17) is 0 Å². The molecule has 1 aliphatic heterocycles. The van der Waals surface area contributed by atoms with Crippen LogP contribution in [0.5, 0.6) is 0 Å². The maximum absolute atomic E-state index is 12.5. The molecule has 3 aromatic rings. The molecule has 2 heterocycles. The SMILES string of the molecule is CCn1nccc1/C=C/C(=O)c1ccc2c(c1)Nc1ccccc1S2. The summed E-state index contributed by atoms with van der Waals surface area (Å²) in [4.78, 5) is 14.8. The monoisotopic (exact) mass is 347 g/mol. The minimum atomic E-state index is -0.0164. The number of carbonyl (C=O) groups is 1. The standard InChI is InChI=1S/C20H17N3OS/c1-2-23-15(11-12-21-23)8-9-18(24)14-7-10-20-17(13-14)22-16-5-3-4-6-19(16)25-20/h3-13,22H,2H2,1H3/b9-8+. The van der Waals surface area contributed by atoms with Crippen LogP contribution in [0, 0.1) is 0 Å². The molecule has 0 atom stereocenters. The summed E-state index contributed by atoms with van der Waals surface area (Å²) in [6, 6.07) is 15.9. The number of allylic oxidation sites excluding steroid dienone is 1. The molecule has 4 nitrogen and oxygen atoms in total. The summed E-state index contributed by atoms with van der Waals surface area (Å²) in [6.45, 7) is 2.80. The van der Waals surface area contributed by atoms with E-state index in [1.165, 1.54) is 4.90 Å². The van der Waals surface area contributed by atoms with Crippen LogP contribution in [0.1, 0.15) is 23.0 Å². The molecule has 1 aliphatic rings. The number of anilines is 2. The summed E-state index contributed by atoms with van der Waals surface area (Å²) in [5.74, 6) is -0.0164. The van der Waals surface area contributed by atoms with Crippen LogP contribution in [0.3, 0.4) is 0 Å². The van der Waals surface area contributed by atoms with Crippen molar-refractivity contribution < 1.29 is 4.79 Å². The van der Waals surface area contributed by atoms with Gasteiger partial charge in [0.25, 0.3) is 0 Å². The lowest BCUT2D eigenvalue weighted by Gasteiger charge is -2.20. The molecular weight excluding hydrogens is 330 g/mol. The molecule has 0 saturated heterocycles. The van der Waals surface area contributed by atoms with Crippen molar-refractivity contribution in [3.63, 3.8) is 0 Å². The van der Waals surface area contributed by atoms with E-state index in [1.54, 1.807) is 24.0 Å². The Hall–Kier alpha value is -2.79. The van der Waals surface area contributed by atoms with E-state index in [0.29, 0.717) is 5.56 Å². The van der Waals surface area contributed by atoms with E-state index in [9.17, 15) is 4.79 Å². The molecule has 0 saturated carbocycles. The third-order valence-electron chi connectivity index (χ3n) is 4.09. The summed E-state index contributed by atoms with van der Waals surface area (Å²) in [5.41, 5.74) is 3.65. The predicted octanol–water partition coefficient (Wildman–Crippen LogP) is 5.01. The molecule has 124 valence electrons. The molecule has 0 fully saturated rings. The summed E-state index contributed by atoms with van der Waals surface area (Å²) < 4.78 is 1.85. The Balaban J connectivity index is 1.57. The number of nitrogens with one attached hydrogen (secondary N) is 1. The summed E-state index contributed by atoms with van der Waals surface area (Å²) in [5, 5.41) is 7.62. The van der Waals surface area contributed by atoms with Crippen molar-refractivity contribution in [2.75, 3.05) is 5.32 Å². The third-order valence-corrected chi connectivity index (χ3v) is 5.25. The number of ketones is 1. The van der Waals surface area contributed by atoms with Gasteiger partial charge in [-0.2, -0.15) is 5.10 Å². The Morgan fingerprint density at radius 2 is 2.00 bits per heavy atom. The molecule has 0 amide bonds. The van der Waals surface area contributed by atoms with Gasteiger partial charge in [-0.15, -0.1) is 0 Å². The van der Waals surface area contributed by atoms with Crippen molar-refractivity contribution in [3.05, 3.63) is 72.1 Å². The zero-order chi connectivity index (χ0) is 17.2. The number of carbonyl (C=O) groups excluding carboxylic acids is 1. The van der Waals surface area contributed by atoms with E-state index in [2.05, 4.69) is 16.5 Å². The van der Waals surface area contributed by atoms with Gasteiger partial charge in [0.1, 0.15) is 0 Å². The first-order chi connectivity index (χ1) is 12.2. The highest BCUT2D eigenvalue weighted by Gasteiger charge is 2.16. The number of rotatable bonds is 4. The summed E-state index contributed by atoms with van der Waals surface area (Å²) in [6.07, 6.45) is 5.16. The third kappa shape index (κ3) is 3.10. The fraction of sp³-hybridized carbons (Fsp3) is 0.100. The quantitative estimate of drug-likeness (QED) is 0.416. The molecule has 0 radical (unpaired) electrons. The van der Waals surface area contributed by atoms with Gasteiger partial charge >= 0.3 is 0 Å². The van der Waals surface area contributed by atoms with Gasteiger partial charge in [0.05, 0.1) is 17.1 Å². The van der Waals surface area contributed by atoms with Gasteiger partial charge < -0.3 is 5.32 Å². The molecule has 0 spiro atoms. The van der Waals surface area contributed by atoms with Gasteiger partial charge in [-0.3, -0.25) is 9.48 Å². The predicted molar refractivity (Wildman–Crippen MR) is 102 cm³/mol. The van der Waals surface area contributed by atoms with E-state index in [1.807, 2.05) is 60.1 Å². The first kappa shape index (κ1) is 15.7. The van der Waals surface area contributed by atoms with Gasteiger partial charge in [0.2, 0.25) is 0 Å². The number of nitrogens with zero attached hydrogens (tertiary/aromatic N) is 2. The van der Waals surface area contributed by atoms with Crippen molar-refractivity contribution in [2.45, 2.75) is 23.3 Å². The number of aryl methyl sites for hydroxylation is 1. The average molecular weight is 347 g/mol. The second kappa shape index (κ2) is 6.61. The number of aromatic nitrogens is 2. The molecule has 0 bridgehead atoms. The summed E-state index contributed by atoms with van der Waals surface area (Å²) >= 11 is 1.72. The van der Waals surface area contributed by atoms with Crippen molar-refractivity contribution in [2.24, 2.45) is 0 Å². The normalized spacial score (nSPS) is 12.5. The molecular formula is C20H17N3OS. The number of benzene rings is 2. The van der Waals surface area contributed by atoms with E-state index in [0.717, 1.165) is 28.5 Å². The molecule has 2 aromatic carbocycles. The number of para-hydroxylation sites is 1. The van der Waals surface area contributed by atoms with Crippen LogP contribution in [-0.4, -0.2) is 15.6 Å². The van der Waals surface area contributed by atoms with Gasteiger partial charge in [-0.05, 0) is 55.5 Å². The maximum atomic E-state index is 12.5. The molecule has 4 rings (SSSR count). The fourth-order valence-corrected chi connectivity index (χ4v) is 3.77. The van der Waals surface area contributed by atoms with Gasteiger partial charge in [0, 0.05) is 28.1 Å². The second-order valence-electron chi connectivity index (χ2n) is 5.70. The van der Waals surface area contributed by atoms with Crippen molar-refractivity contribution in [1.82, 2.24) is 9.78 Å². The minimum Gasteiger partial charge on any atom is -0.354 e. The Morgan fingerprint density at radius 3 is 2.88 bits per heavy atom. The molecule has 1 aromatic heterocycles. The van der Waals surface area contributed by atoms with Crippen molar-refractivity contribution >= 4 is 35.0 Å². The van der Waals surface area contributed by atoms with E-state index < -0.39 is 0 Å². The van der Waals surface area contributed by atoms with Crippen LogP contribution in [0.25, 0.3) is 6.08 Å². The first-order valence-corrected chi connectivity index (χ1v) is 8.98.